The van der Waals surface area contributed by atoms with Crippen molar-refractivity contribution in [2.75, 3.05) is 17.1 Å². The van der Waals surface area contributed by atoms with Crippen molar-refractivity contribution in [2.24, 2.45) is 0 Å². The summed E-state index contributed by atoms with van der Waals surface area (Å²) in [5.74, 6) is -1.79. The first-order chi connectivity index (χ1) is 17.7. The molecule has 2 aromatic carbocycles. The van der Waals surface area contributed by atoms with Crippen molar-refractivity contribution in [1.29, 1.82) is 0 Å². The van der Waals surface area contributed by atoms with Crippen LogP contribution in [0.15, 0.2) is 53.4 Å². The molecule has 0 saturated heterocycles. The first-order valence-electron chi connectivity index (χ1n) is 11.4. The highest BCUT2D eigenvalue weighted by Crippen LogP contribution is 2.38. The summed E-state index contributed by atoms with van der Waals surface area (Å²) in [6.07, 6.45) is 3.35. The molecule has 37 heavy (non-hydrogen) atoms. The van der Waals surface area contributed by atoms with E-state index < -0.39 is 33.7 Å². The van der Waals surface area contributed by atoms with Crippen LogP contribution < -0.4 is 15.4 Å². The maximum Gasteiger partial charge on any atom is 0.413 e. The molecule has 1 aromatic heterocycles. The molecule has 3 aromatic rings. The van der Waals surface area contributed by atoms with E-state index in [0.29, 0.717) is 11.4 Å². The van der Waals surface area contributed by atoms with Crippen LogP contribution in [0.25, 0.3) is 0 Å². The summed E-state index contributed by atoms with van der Waals surface area (Å²) in [6, 6.07) is 10.2. The average molecular weight is 546 g/mol. The number of carbonyl (C=O) groups is 3. The van der Waals surface area contributed by atoms with Gasteiger partial charge in [-0.25, -0.2) is 17.6 Å². The molecule has 1 aliphatic rings. The number of halogens is 1. The fraction of sp³-hybridized carbons (Fsp3) is 0.240. The summed E-state index contributed by atoms with van der Waals surface area (Å²) in [6.45, 7) is 0. The highest BCUT2D eigenvalue weighted by molar-refractivity contribution is 7.92. The van der Waals surface area contributed by atoms with Crippen molar-refractivity contribution < 1.29 is 31.9 Å². The fourth-order valence-corrected chi connectivity index (χ4v) is 6.34. The number of hydrogen-bond acceptors (Lipinski definition) is 7. The van der Waals surface area contributed by atoms with Gasteiger partial charge in [0.25, 0.3) is 21.8 Å². The third-order valence-corrected chi connectivity index (χ3v) is 8.38. The number of sulfonamides is 1. The third-order valence-electron chi connectivity index (χ3n) is 5.78. The molecule has 0 unspecified atom stereocenters. The molecule has 9 nitrogen and oxygen atoms in total. The highest BCUT2D eigenvalue weighted by atomic mass is 32.2. The van der Waals surface area contributed by atoms with Crippen LogP contribution in [0.5, 0.6) is 0 Å². The molecule has 0 atom stereocenters. The van der Waals surface area contributed by atoms with E-state index in [-0.39, 0.29) is 21.7 Å². The molecule has 12 heteroatoms. The molecule has 0 spiro atoms. The smallest absolute Gasteiger partial charge is 0.413 e. The lowest BCUT2D eigenvalue weighted by Gasteiger charge is -2.11. The minimum atomic E-state index is -4.01. The summed E-state index contributed by atoms with van der Waals surface area (Å²) >= 11 is 1.29. The number of thiophene rings is 1. The summed E-state index contributed by atoms with van der Waals surface area (Å²) in [5, 5.41) is 5.22. The summed E-state index contributed by atoms with van der Waals surface area (Å²) in [7, 11) is -2.86. The number of nitrogens with one attached hydrogen (secondary N) is 3. The van der Waals surface area contributed by atoms with Gasteiger partial charge in [0.15, 0.2) is 0 Å². The van der Waals surface area contributed by atoms with E-state index in [0.717, 1.165) is 67.5 Å². The number of anilines is 2. The number of alkyl carbamates (subject to hydrolysis) is 1. The van der Waals surface area contributed by atoms with Gasteiger partial charge < -0.3 is 10.1 Å². The predicted octanol–water partition coefficient (Wildman–Crippen LogP) is 4.71. The molecule has 1 aliphatic carbocycles. The van der Waals surface area contributed by atoms with Crippen LogP contribution in [0.1, 0.15) is 50.4 Å². The molecule has 0 fully saturated rings. The standard InChI is InChI=1S/C25H24FN3O6S2/c1-35-25(32)28-23(31)21-19-8-3-2-4-9-20(19)36-24(21)27-22(30)15-6-5-7-17(14-15)29-37(33,34)18-12-10-16(26)11-13-18/h5-7,10-14,29H,2-4,8-9H2,1H3,(H,27,30)(H,28,31,32). The average Bonchev–Trinajstić information content (AvgIpc) is 3.04. The van der Waals surface area contributed by atoms with Gasteiger partial charge in [-0.15, -0.1) is 11.3 Å². The fourth-order valence-electron chi connectivity index (χ4n) is 4.00. The third kappa shape index (κ3) is 6.15. The Balaban J connectivity index is 1.59. The summed E-state index contributed by atoms with van der Waals surface area (Å²) in [5.41, 5.74) is 1.30. The lowest BCUT2D eigenvalue weighted by Crippen LogP contribution is -2.31. The van der Waals surface area contributed by atoms with E-state index >= 15 is 0 Å². The molecule has 0 bridgehead atoms. The molecular formula is C25H24FN3O6S2. The van der Waals surface area contributed by atoms with Crippen LogP contribution >= 0.6 is 11.3 Å². The number of carbonyl (C=O) groups excluding carboxylic acids is 3. The monoisotopic (exact) mass is 545 g/mol. The van der Waals surface area contributed by atoms with E-state index in [1.54, 1.807) is 0 Å². The predicted molar refractivity (Wildman–Crippen MR) is 137 cm³/mol. The molecule has 0 aliphatic heterocycles. The second-order valence-corrected chi connectivity index (χ2v) is 11.1. The SMILES string of the molecule is COC(=O)NC(=O)c1c(NC(=O)c2cccc(NS(=O)(=O)c3ccc(F)cc3)c2)sc2c1CCCCC2. The number of fused-ring (bicyclic) bond motifs is 1. The Morgan fingerprint density at radius 2 is 1.70 bits per heavy atom. The second kappa shape index (κ2) is 11.1. The second-order valence-electron chi connectivity index (χ2n) is 8.31. The number of imide groups is 1. The molecule has 194 valence electrons. The van der Waals surface area contributed by atoms with Crippen molar-refractivity contribution in [1.82, 2.24) is 5.32 Å². The van der Waals surface area contributed by atoms with Gasteiger partial charge in [0.2, 0.25) is 0 Å². The molecular weight excluding hydrogens is 521 g/mol. The van der Waals surface area contributed by atoms with Gasteiger partial charge >= 0.3 is 6.09 Å². The van der Waals surface area contributed by atoms with E-state index in [9.17, 15) is 27.2 Å². The van der Waals surface area contributed by atoms with Crippen LogP contribution in [0.2, 0.25) is 0 Å². The van der Waals surface area contributed by atoms with E-state index in [1.165, 1.54) is 35.6 Å². The number of aryl methyl sites for hydroxylation is 1. The number of hydrogen-bond donors (Lipinski definition) is 3. The van der Waals surface area contributed by atoms with Gasteiger partial charge in [-0.1, -0.05) is 12.5 Å². The largest absolute Gasteiger partial charge is 0.453 e. The van der Waals surface area contributed by atoms with Crippen molar-refractivity contribution in [3.05, 3.63) is 75.9 Å². The summed E-state index contributed by atoms with van der Waals surface area (Å²) in [4.78, 5) is 38.5. The zero-order valence-corrected chi connectivity index (χ0v) is 21.4. The van der Waals surface area contributed by atoms with Crippen LogP contribution in [0.4, 0.5) is 19.9 Å². The maximum atomic E-state index is 13.2. The van der Waals surface area contributed by atoms with Crippen LogP contribution in [0, 0.1) is 5.82 Å². The summed E-state index contributed by atoms with van der Waals surface area (Å²) < 4.78 is 45.4. The van der Waals surface area contributed by atoms with Crippen molar-refractivity contribution >= 4 is 50.0 Å². The van der Waals surface area contributed by atoms with E-state index in [2.05, 4.69) is 20.1 Å². The minimum Gasteiger partial charge on any atom is -0.453 e. The quantitative estimate of drug-likeness (QED) is 0.385. The van der Waals surface area contributed by atoms with E-state index in [4.69, 9.17) is 0 Å². The Labute approximate surface area is 217 Å². The number of amides is 3. The van der Waals surface area contributed by atoms with Crippen molar-refractivity contribution in [2.45, 2.75) is 37.0 Å². The maximum absolute atomic E-state index is 13.2. The molecule has 1 heterocycles. The Kier molecular flexibility index (Phi) is 7.89. The zero-order chi connectivity index (χ0) is 26.6. The Hall–Kier alpha value is -3.77. The lowest BCUT2D eigenvalue weighted by molar-refractivity contribution is 0.0937. The van der Waals surface area contributed by atoms with Gasteiger partial charge in [0, 0.05) is 16.1 Å². The molecule has 3 amide bonds. The Bertz CT molecular complexity index is 1450. The molecule has 4 rings (SSSR count). The highest BCUT2D eigenvalue weighted by Gasteiger charge is 2.27. The molecule has 3 N–H and O–H groups in total. The Morgan fingerprint density at radius 3 is 2.43 bits per heavy atom. The number of methoxy groups -OCH3 is 1. The number of benzene rings is 2. The van der Waals surface area contributed by atoms with Crippen molar-refractivity contribution in [3.8, 4) is 0 Å². The van der Waals surface area contributed by atoms with Gasteiger partial charge in [-0.05, 0) is 73.7 Å². The first-order valence-corrected chi connectivity index (χ1v) is 13.7. The van der Waals surface area contributed by atoms with Gasteiger partial charge in [0.1, 0.15) is 10.8 Å². The van der Waals surface area contributed by atoms with Gasteiger partial charge in [0.05, 0.1) is 17.6 Å². The number of ether oxygens (including phenoxy) is 1. The van der Waals surface area contributed by atoms with Crippen LogP contribution in [-0.4, -0.2) is 33.4 Å². The lowest BCUT2D eigenvalue weighted by atomic mass is 10.0. The normalized spacial score (nSPS) is 13.1. The topological polar surface area (TPSA) is 131 Å². The van der Waals surface area contributed by atoms with E-state index in [1.807, 2.05) is 0 Å². The molecule has 0 saturated carbocycles. The van der Waals surface area contributed by atoms with Gasteiger partial charge in [-0.2, -0.15) is 0 Å². The van der Waals surface area contributed by atoms with Crippen molar-refractivity contribution in [3.63, 3.8) is 0 Å². The molecule has 0 radical (unpaired) electrons. The Morgan fingerprint density at radius 1 is 0.973 bits per heavy atom. The van der Waals surface area contributed by atoms with Gasteiger partial charge in [-0.3, -0.25) is 19.6 Å². The van der Waals surface area contributed by atoms with Crippen LogP contribution in [0.3, 0.4) is 0 Å². The number of rotatable bonds is 6. The zero-order valence-electron chi connectivity index (χ0n) is 19.8. The van der Waals surface area contributed by atoms with Crippen LogP contribution in [-0.2, 0) is 27.6 Å². The first kappa shape index (κ1) is 26.3. The minimum absolute atomic E-state index is 0.127.